The van der Waals surface area contributed by atoms with Gasteiger partial charge in [-0.05, 0) is 12.8 Å². The van der Waals surface area contributed by atoms with E-state index < -0.39 is 0 Å². The molecule has 0 aromatic heterocycles. The zero-order chi connectivity index (χ0) is 39.6. The summed E-state index contributed by atoms with van der Waals surface area (Å²) >= 11 is 0. The van der Waals surface area contributed by atoms with Crippen molar-refractivity contribution < 1.29 is 9.53 Å². The number of esters is 1. The Kier molecular flexibility index (Phi) is 51.0. The van der Waals surface area contributed by atoms with Crippen LogP contribution in [0, 0.1) is 0 Å². The molecule has 0 amide bonds. The molecule has 0 saturated heterocycles. The van der Waals surface area contributed by atoms with E-state index in [0.29, 0.717) is 13.0 Å². The van der Waals surface area contributed by atoms with Crippen LogP contribution in [0.3, 0.4) is 0 Å². The largest absolute Gasteiger partial charge is 0.466 e. The lowest BCUT2D eigenvalue weighted by molar-refractivity contribution is -0.143. The zero-order valence-electron chi connectivity index (χ0n) is 38.7. The molecule has 0 rings (SSSR count). The molecule has 2 nitrogen and oxygen atoms in total. The Hall–Kier alpha value is -0.530. The van der Waals surface area contributed by atoms with Gasteiger partial charge in [0.15, 0.2) is 0 Å². The predicted molar refractivity (Wildman–Crippen MR) is 249 cm³/mol. The van der Waals surface area contributed by atoms with Gasteiger partial charge in [0.05, 0.1) is 6.61 Å². The van der Waals surface area contributed by atoms with Crippen LogP contribution in [0.4, 0.5) is 0 Å². The van der Waals surface area contributed by atoms with Gasteiger partial charge in [-0.15, -0.1) is 0 Å². The minimum absolute atomic E-state index is 0.0309. The van der Waals surface area contributed by atoms with Crippen molar-refractivity contribution in [3.63, 3.8) is 0 Å². The molecule has 330 valence electrons. The maximum Gasteiger partial charge on any atom is 0.305 e. The zero-order valence-corrected chi connectivity index (χ0v) is 38.7. The van der Waals surface area contributed by atoms with Crippen molar-refractivity contribution >= 4 is 5.97 Å². The van der Waals surface area contributed by atoms with Crippen LogP contribution >= 0.6 is 0 Å². The van der Waals surface area contributed by atoms with Crippen molar-refractivity contribution in [3.8, 4) is 0 Å². The summed E-state index contributed by atoms with van der Waals surface area (Å²) in [6.45, 7) is 5.23. The number of hydrogen-bond acceptors (Lipinski definition) is 2. The third kappa shape index (κ3) is 51.5. The average Bonchev–Trinajstić information content (AvgIpc) is 3.19. The second-order valence-corrected chi connectivity index (χ2v) is 18.2. The van der Waals surface area contributed by atoms with Crippen LogP contribution in [-0.4, -0.2) is 12.6 Å². The smallest absolute Gasteiger partial charge is 0.305 e. The van der Waals surface area contributed by atoms with Gasteiger partial charge in [0.2, 0.25) is 0 Å². The number of ether oxygens (including phenoxy) is 1. The number of hydrogen-bond donors (Lipinski definition) is 0. The second kappa shape index (κ2) is 51.5. The maximum atomic E-state index is 12.0. The lowest BCUT2D eigenvalue weighted by atomic mass is 10.0. The molecule has 0 aliphatic rings. The fraction of sp³-hybridized carbons (Fsp3) is 0.981. The lowest BCUT2D eigenvalue weighted by Crippen LogP contribution is -2.05. The van der Waals surface area contributed by atoms with Gasteiger partial charge in [0.25, 0.3) is 0 Å². The van der Waals surface area contributed by atoms with Crippen molar-refractivity contribution in [1.29, 1.82) is 0 Å². The van der Waals surface area contributed by atoms with E-state index in [1.807, 2.05) is 0 Å². The standard InChI is InChI=1S/C53H106O2/c1-3-5-7-9-11-13-15-16-17-18-19-20-21-22-23-24-25-26-27-28-29-30-31-32-33-34-35-36-37-38-39-40-41-43-45-47-49-51-53(54)55-52-50-48-46-44-42-14-12-10-8-6-4-2/h3-52H2,1-2H3. The Morgan fingerprint density at radius 3 is 0.600 bits per heavy atom. The molecule has 0 aromatic rings. The first-order valence-corrected chi connectivity index (χ1v) is 26.5. The molecule has 55 heavy (non-hydrogen) atoms. The molecule has 0 bridgehead atoms. The molecule has 0 aliphatic carbocycles. The average molecular weight is 775 g/mol. The minimum atomic E-state index is 0.0309. The lowest BCUT2D eigenvalue weighted by Gasteiger charge is -2.06. The molecule has 0 aliphatic heterocycles. The molecule has 0 fully saturated rings. The first kappa shape index (κ1) is 54.5. The van der Waals surface area contributed by atoms with E-state index in [0.717, 1.165) is 12.8 Å². The van der Waals surface area contributed by atoms with Crippen molar-refractivity contribution in [1.82, 2.24) is 0 Å². The highest BCUT2D eigenvalue weighted by Gasteiger charge is 2.03. The number of carbonyl (C=O) groups excluding carboxylic acids is 1. The van der Waals surface area contributed by atoms with E-state index in [4.69, 9.17) is 4.74 Å². The Morgan fingerprint density at radius 1 is 0.236 bits per heavy atom. The van der Waals surface area contributed by atoms with Gasteiger partial charge in [-0.3, -0.25) is 4.79 Å². The topological polar surface area (TPSA) is 26.3 Å². The van der Waals surface area contributed by atoms with Crippen LogP contribution in [-0.2, 0) is 9.53 Å². The molecule has 0 spiro atoms. The van der Waals surface area contributed by atoms with Crippen molar-refractivity contribution in [2.45, 2.75) is 328 Å². The molecule has 0 radical (unpaired) electrons. The van der Waals surface area contributed by atoms with Crippen LogP contribution in [0.1, 0.15) is 328 Å². The summed E-state index contributed by atoms with van der Waals surface area (Å²) in [5.74, 6) is 0.0309. The summed E-state index contributed by atoms with van der Waals surface area (Å²) in [5.41, 5.74) is 0. The van der Waals surface area contributed by atoms with E-state index in [1.165, 1.54) is 295 Å². The van der Waals surface area contributed by atoms with Crippen molar-refractivity contribution in [2.24, 2.45) is 0 Å². The third-order valence-electron chi connectivity index (χ3n) is 12.5. The highest BCUT2D eigenvalue weighted by Crippen LogP contribution is 2.18. The summed E-state index contributed by atoms with van der Waals surface area (Å²) in [7, 11) is 0. The predicted octanol–water partition coefficient (Wildman–Crippen LogP) is 19.7. The normalized spacial score (nSPS) is 11.5. The molecule has 0 aromatic carbocycles. The quantitative estimate of drug-likeness (QED) is 0.0454. The van der Waals surface area contributed by atoms with Gasteiger partial charge < -0.3 is 4.74 Å². The Morgan fingerprint density at radius 2 is 0.400 bits per heavy atom. The first-order valence-electron chi connectivity index (χ1n) is 26.5. The van der Waals surface area contributed by atoms with Crippen LogP contribution in [0.2, 0.25) is 0 Å². The minimum Gasteiger partial charge on any atom is -0.466 e. The second-order valence-electron chi connectivity index (χ2n) is 18.2. The summed E-state index contributed by atoms with van der Waals surface area (Å²) in [5, 5.41) is 0. The van der Waals surface area contributed by atoms with E-state index in [9.17, 15) is 4.79 Å². The molecule has 2 heteroatoms. The molecule has 0 saturated carbocycles. The summed E-state index contributed by atoms with van der Waals surface area (Å²) in [6.07, 6.45) is 68.5. The maximum absolute atomic E-state index is 12.0. The fourth-order valence-corrected chi connectivity index (χ4v) is 8.55. The first-order chi connectivity index (χ1) is 27.3. The fourth-order valence-electron chi connectivity index (χ4n) is 8.55. The highest BCUT2D eigenvalue weighted by molar-refractivity contribution is 5.69. The van der Waals surface area contributed by atoms with Gasteiger partial charge in [-0.2, -0.15) is 0 Å². The molecule has 0 unspecified atom stereocenters. The van der Waals surface area contributed by atoms with E-state index in [-0.39, 0.29) is 5.97 Å². The summed E-state index contributed by atoms with van der Waals surface area (Å²) < 4.78 is 5.46. The SMILES string of the molecule is CCCCCCCCCCCCCCCCCCCCCCCCCCCCCCCCCCCCCCCC(=O)OCCCCCCCCCCCCC. The Bertz CT molecular complexity index is 673. The molecule has 0 heterocycles. The van der Waals surface area contributed by atoms with Gasteiger partial charge in [-0.1, -0.05) is 309 Å². The van der Waals surface area contributed by atoms with E-state index in [1.54, 1.807) is 0 Å². The van der Waals surface area contributed by atoms with E-state index >= 15 is 0 Å². The van der Waals surface area contributed by atoms with Gasteiger partial charge >= 0.3 is 5.97 Å². The number of rotatable bonds is 50. The monoisotopic (exact) mass is 775 g/mol. The molecule has 0 atom stereocenters. The van der Waals surface area contributed by atoms with Crippen LogP contribution in [0.25, 0.3) is 0 Å². The Labute approximate surface area is 349 Å². The number of unbranched alkanes of at least 4 members (excludes halogenated alkanes) is 46. The number of carbonyl (C=O) groups is 1. The van der Waals surface area contributed by atoms with Crippen LogP contribution < -0.4 is 0 Å². The Balaban J connectivity index is 3.11. The highest BCUT2D eigenvalue weighted by atomic mass is 16.5. The van der Waals surface area contributed by atoms with Crippen molar-refractivity contribution in [3.05, 3.63) is 0 Å². The molecular formula is C53H106O2. The molecule has 0 N–H and O–H groups in total. The van der Waals surface area contributed by atoms with Crippen molar-refractivity contribution in [2.75, 3.05) is 6.61 Å². The third-order valence-corrected chi connectivity index (χ3v) is 12.5. The van der Waals surface area contributed by atoms with Crippen LogP contribution in [0.15, 0.2) is 0 Å². The van der Waals surface area contributed by atoms with Crippen LogP contribution in [0.5, 0.6) is 0 Å². The van der Waals surface area contributed by atoms with E-state index in [2.05, 4.69) is 13.8 Å². The van der Waals surface area contributed by atoms with Gasteiger partial charge in [0, 0.05) is 6.42 Å². The molecular weight excluding hydrogens is 669 g/mol. The van der Waals surface area contributed by atoms with Gasteiger partial charge in [-0.25, -0.2) is 0 Å². The summed E-state index contributed by atoms with van der Waals surface area (Å²) in [4.78, 5) is 12.0. The summed E-state index contributed by atoms with van der Waals surface area (Å²) in [6, 6.07) is 0. The van der Waals surface area contributed by atoms with Gasteiger partial charge in [0.1, 0.15) is 0 Å².